The van der Waals surface area contributed by atoms with Crippen molar-refractivity contribution in [2.45, 2.75) is 0 Å². The van der Waals surface area contributed by atoms with Crippen LogP contribution in [0.5, 0.6) is 5.75 Å². The summed E-state index contributed by atoms with van der Waals surface area (Å²) in [6.07, 6.45) is 0. The van der Waals surface area contributed by atoms with Crippen LogP contribution >= 0.6 is 0 Å². The monoisotopic (exact) mass is 227 g/mol. The third-order valence-corrected chi connectivity index (χ3v) is 2.37. The van der Waals surface area contributed by atoms with Crippen molar-refractivity contribution in [1.82, 2.24) is 0 Å². The molecule has 0 atom stereocenters. The van der Waals surface area contributed by atoms with E-state index >= 15 is 0 Å². The van der Waals surface area contributed by atoms with Crippen LogP contribution in [0.4, 0.5) is 11.4 Å². The third-order valence-electron chi connectivity index (χ3n) is 2.37. The summed E-state index contributed by atoms with van der Waals surface area (Å²) in [6.45, 7) is 0. The second kappa shape index (κ2) is 5.16. The molecule has 0 aliphatic rings. The molecule has 3 nitrogen and oxygen atoms in total. The van der Waals surface area contributed by atoms with Crippen molar-refractivity contribution in [3.8, 4) is 5.75 Å². The standard InChI is InChI=1S/C14H13NO2/c1-17-14-10-6-5-8-12(14)15-11-7-3-2-4-9-13(11)16/h2-10H,1H3,(H,15,16). The molecule has 17 heavy (non-hydrogen) atoms. The van der Waals surface area contributed by atoms with Crippen LogP contribution in [0.15, 0.2) is 59.4 Å². The summed E-state index contributed by atoms with van der Waals surface area (Å²) < 4.78 is 5.22. The molecule has 0 saturated carbocycles. The maximum absolute atomic E-state index is 11.7. The zero-order chi connectivity index (χ0) is 12.1. The Bertz CT molecular complexity index is 567. The van der Waals surface area contributed by atoms with Crippen LogP contribution in [-0.2, 0) is 0 Å². The first-order valence-corrected chi connectivity index (χ1v) is 5.30. The quantitative estimate of drug-likeness (QED) is 0.876. The first-order chi connectivity index (χ1) is 8.31. The largest absolute Gasteiger partial charge is 0.495 e. The molecule has 0 bridgehead atoms. The van der Waals surface area contributed by atoms with Crippen LogP contribution in [0, 0.1) is 0 Å². The van der Waals surface area contributed by atoms with Gasteiger partial charge in [-0.05, 0) is 24.3 Å². The average molecular weight is 227 g/mol. The summed E-state index contributed by atoms with van der Waals surface area (Å²) in [6, 6.07) is 16.1. The Labute approximate surface area is 99.7 Å². The van der Waals surface area contributed by atoms with Crippen molar-refractivity contribution in [1.29, 1.82) is 0 Å². The van der Waals surface area contributed by atoms with Crippen LogP contribution in [0.2, 0.25) is 0 Å². The van der Waals surface area contributed by atoms with Crippen molar-refractivity contribution >= 4 is 11.4 Å². The number of methoxy groups -OCH3 is 1. The zero-order valence-electron chi connectivity index (χ0n) is 9.51. The lowest BCUT2D eigenvalue weighted by Crippen LogP contribution is -2.04. The number of rotatable bonds is 3. The van der Waals surface area contributed by atoms with Gasteiger partial charge in [-0.2, -0.15) is 0 Å². The number of ether oxygens (including phenoxy) is 1. The van der Waals surface area contributed by atoms with Crippen molar-refractivity contribution in [2.24, 2.45) is 0 Å². The van der Waals surface area contributed by atoms with Gasteiger partial charge in [0.15, 0.2) is 0 Å². The van der Waals surface area contributed by atoms with Gasteiger partial charge in [0, 0.05) is 0 Å². The maximum atomic E-state index is 11.7. The van der Waals surface area contributed by atoms with Crippen molar-refractivity contribution in [3.63, 3.8) is 0 Å². The Morgan fingerprint density at radius 2 is 1.53 bits per heavy atom. The molecular weight excluding hydrogens is 214 g/mol. The lowest BCUT2D eigenvalue weighted by Gasteiger charge is -2.09. The topological polar surface area (TPSA) is 38.3 Å². The van der Waals surface area contributed by atoms with Gasteiger partial charge in [0.1, 0.15) is 5.75 Å². The van der Waals surface area contributed by atoms with E-state index in [1.54, 1.807) is 19.2 Å². The molecule has 0 saturated heterocycles. The third kappa shape index (κ3) is 2.64. The summed E-state index contributed by atoms with van der Waals surface area (Å²) in [7, 11) is 1.60. The summed E-state index contributed by atoms with van der Waals surface area (Å²) in [5.74, 6) is 0.707. The summed E-state index contributed by atoms with van der Waals surface area (Å²) >= 11 is 0. The Hall–Kier alpha value is -2.29. The lowest BCUT2D eigenvalue weighted by molar-refractivity contribution is 0.417. The zero-order valence-corrected chi connectivity index (χ0v) is 9.51. The Morgan fingerprint density at radius 1 is 0.882 bits per heavy atom. The van der Waals surface area contributed by atoms with Crippen LogP contribution in [-0.4, -0.2) is 7.11 Å². The van der Waals surface area contributed by atoms with E-state index in [0.29, 0.717) is 11.4 Å². The van der Waals surface area contributed by atoms with Crippen LogP contribution < -0.4 is 15.5 Å². The lowest BCUT2D eigenvalue weighted by atomic mass is 10.2. The first-order valence-electron chi connectivity index (χ1n) is 5.30. The molecule has 2 aromatic carbocycles. The fourth-order valence-electron chi connectivity index (χ4n) is 1.53. The van der Waals surface area contributed by atoms with E-state index in [-0.39, 0.29) is 5.43 Å². The molecule has 2 rings (SSSR count). The summed E-state index contributed by atoms with van der Waals surface area (Å²) in [5.41, 5.74) is 1.25. The fraction of sp³-hybridized carbons (Fsp3) is 0.0714. The van der Waals surface area contributed by atoms with Crippen LogP contribution in [0.3, 0.4) is 0 Å². The number of hydrogen-bond acceptors (Lipinski definition) is 3. The van der Waals surface area contributed by atoms with Gasteiger partial charge in [-0.15, -0.1) is 0 Å². The molecule has 0 radical (unpaired) electrons. The first kappa shape index (κ1) is 11.2. The number of nitrogens with one attached hydrogen (secondary N) is 1. The minimum atomic E-state index is -0.0547. The normalized spacial score (nSPS) is 9.71. The smallest absolute Gasteiger partial charge is 0.201 e. The molecule has 0 aliphatic heterocycles. The Balaban J connectivity index is 2.39. The fourth-order valence-corrected chi connectivity index (χ4v) is 1.53. The van der Waals surface area contributed by atoms with Gasteiger partial charge in [-0.3, -0.25) is 4.79 Å². The molecule has 0 spiro atoms. The number of benzene rings is 1. The molecule has 86 valence electrons. The predicted molar refractivity (Wildman–Crippen MR) is 69.0 cm³/mol. The van der Waals surface area contributed by atoms with Crippen LogP contribution in [0.25, 0.3) is 0 Å². The Morgan fingerprint density at radius 3 is 2.35 bits per heavy atom. The van der Waals surface area contributed by atoms with E-state index in [2.05, 4.69) is 5.32 Å². The molecule has 0 heterocycles. The SMILES string of the molecule is COc1ccccc1Nc1cccccc1=O. The van der Waals surface area contributed by atoms with E-state index in [9.17, 15) is 4.79 Å². The minimum Gasteiger partial charge on any atom is -0.495 e. The van der Waals surface area contributed by atoms with Gasteiger partial charge >= 0.3 is 0 Å². The van der Waals surface area contributed by atoms with Gasteiger partial charge in [-0.1, -0.05) is 30.3 Å². The van der Waals surface area contributed by atoms with Gasteiger partial charge in [0.25, 0.3) is 0 Å². The highest BCUT2D eigenvalue weighted by atomic mass is 16.5. The van der Waals surface area contributed by atoms with Gasteiger partial charge in [-0.25, -0.2) is 0 Å². The number of anilines is 2. The maximum Gasteiger partial charge on any atom is 0.201 e. The van der Waals surface area contributed by atoms with Gasteiger partial charge in [0.2, 0.25) is 5.43 Å². The van der Waals surface area contributed by atoms with Gasteiger partial charge < -0.3 is 10.1 Å². The highest BCUT2D eigenvalue weighted by molar-refractivity contribution is 5.65. The number of hydrogen-bond donors (Lipinski definition) is 1. The van der Waals surface area contributed by atoms with Crippen LogP contribution in [0.1, 0.15) is 0 Å². The molecule has 0 unspecified atom stereocenters. The molecule has 0 fully saturated rings. The van der Waals surface area contributed by atoms with Crippen molar-refractivity contribution < 1.29 is 4.74 Å². The number of para-hydroxylation sites is 2. The molecular formula is C14H13NO2. The van der Waals surface area contributed by atoms with E-state index in [1.807, 2.05) is 36.4 Å². The molecule has 0 aliphatic carbocycles. The van der Waals surface area contributed by atoms with Crippen molar-refractivity contribution in [3.05, 3.63) is 64.8 Å². The van der Waals surface area contributed by atoms with E-state index in [1.165, 1.54) is 6.07 Å². The Kier molecular flexibility index (Phi) is 3.40. The molecule has 1 N–H and O–H groups in total. The molecule has 3 heteroatoms. The second-order valence-electron chi connectivity index (χ2n) is 3.51. The molecule has 0 aromatic heterocycles. The highest BCUT2D eigenvalue weighted by Gasteiger charge is 2.02. The van der Waals surface area contributed by atoms with Gasteiger partial charge in [0.05, 0.1) is 18.5 Å². The predicted octanol–water partition coefficient (Wildman–Crippen LogP) is 2.80. The average Bonchev–Trinajstić information content (AvgIpc) is 2.56. The highest BCUT2D eigenvalue weighted by Crippen LogP contribution is 2.25. The minimum absolute atomic E-state index is 0.0547. The summed E-state index contributed by atoms with van der Waals surface area (Å²) in [5, 5.41) is 3.07. The summed E-state index contributed by atoms with van der Waals surface area (Å²) in [4.78, 5) is 11.7. The second-order valence-corrected chi connectivity index (χ2v) is 3.51. The van der Waals surface area contributed by atoms with E-state index in [4.69, 9.17) is 4.74 Å². The molecule has 0 amide bonds. The van der Waals surface area contributed by atoms with E-state index < -0.39 is 0 Å². The van der Waals surface area contributed by atoms with E-state index in [0.717, 1.165) is 5.69 Å². The van der Waals surface area contributed by atoms with Crippen molar-refractivity contribution in [2.75, 3.05) is 12.4 Å². The molecule has 2 aromatic rings.